The van der Waals surface area contributed by atoms with Gasteiger partial charge in [-0.15, -0.1) is 10.2 Å². The molecule has 1 aliphatic heterocycles. The molecule has 0 radical (unpaired) electrons. The number of amides is 1. The van der Waals surface area contributed by atoms with E-state index in [-0.39, 0.29) is 17.5 Å². The molecule has 2 heterocycles. The van der Waals surface area contributed by atoms with Gasteiger partial charge in [-0.1, -0.05) is 41.4 Å². The van der Waals surface area contributed by atoms with E-state index in [1.807, 2.05) is 4.57 Å². The molecule has 1 aliphatic rings. The normalized spacial score (nSPS) is 14.5. The monoisotopic (exact) mass is 493 g/mol. The second kappa shape index (κ2) is 10.7. The van der Waals surface area contributed by atoms with Crippen LogP contribution in [0.1, 0.15) is 25.1 Å². The van der Waals surface area contributed by atoms with Crippen molar-refractivity contribution in [1.29, 1.82) is 0 Å². The maximum absolute atomic E-state index is 13.5. The summed E-state index contributed by atoms with van der Waals surface area (Å²) in [6.45, 7) is 2.69. The van der Waals surface area contributed by atoms with Crippen LogP contribution >= 0.6 is 35.0 Å². The van der Waals surface area contributed by atoms with Crippen LogP contribution in [0.25, 0.3) is 5.69 Å². The Bertz CT molecular complexity index is 1070. The van der Waals surface area contributed by atoms with Gasteiger partial charge in [0, 0.05) is 21.4 Å². The molecule has 1 saturated heterocycles. The highest BCUT2D eigenvalue weighted by Gasteiger charge is 2.19. The molecule has 1 N–H and O–H groups in total. The molecule has 1 aromatic heterocycles. The summed E-state index contributed by atoms with van der Waals surface area (Å²) in [7, 11) is 0. The van der Waals surface area contributed by atoms with Crippen molar-refractivity contribution in [3.05, 3.63) is 64.2 Å². The van der Waals surface area contributed by atoms with Gasteiger partial charge in [0.05, 0.1) is 12.3 Å². The second-order valence-electron chi connectivity index (χ2n) is 7.54. The van der Waals surface area contributed by atoms with Crippen molar-refractivity contribution >= 4 is 46.6 Å². The molecule has 3 aromatic rings. The van der Waals surface area contributed by atoms with E-state index < -0.39 is 0 Å². The summed E-state index contributed by atoms with van der Waals surface area (Å²) in [5.41, 5.74) is 1.28. The SMILES string of the molecule is O=C(CSc1nnc(CN2CCCCC2)n1-c1ccc(F)cc1)Nc1cc(Cl)cc(Cl)c1. The molecule has 0 spiro atoms. The quantitative estimate of drug-likeness (QED) is 0.444. The first-order valence-electron chi connectivity index (χ1n) is 10.3. The maximum Gasteiger partial charge on any atom is 0.234 e. The van der Waals surface area contributed by atoms with Crippen molar-refractivity contribution in [2.75, 3.05) is 24.2 Å². The van der Waals surface area contributed by atoms with Crippen LogP contribution in [-0.2, 0) is 11.3 Å². The van der Waals surface area contributed by atoms with E-state index in [4.69, 9.17) is 23.2 Å². The number of aromatic nitrogens is 3. The van der Waals surface area contributed by atoms with Crippen LogP contribution in [0.2, 0.25) is 10.0 Å². The molecule has 4 rings (SSSR count). The van der Waals surface area contributed by atoms with Crippen LogP contribution in [0.5, 0.6) is 0 Å². The van der Waals surface area contributed by atoms with Crippen molar-refractivity contribution in [3.63, 3.8) is 0 Å². The van der Waals surface area contributed by atoms with Crippen molar-refractivity contribution < 1.29 is 9.18 Å². The number of nitrogens with zero attached hydrogens (tertiary/aromatic N) is 4. The Morgan fingerprint density at radius 1 is 1.03 bits per heavy atom. The first kappa shape index (κ1) is 23.0. The standard InChI is InChI=1S/C22H22Cl2FN5OS/c23-15-10-16(24)12-18(11-15)26-21(31)14-32-22-28-27-20(13-29-8-2-1-3-9-29)30(22)19-6-4-17(25)5-7-19/h4-7,10-12H,1-3,8-9,13-14H2,(H,26,31). The number of thioether (sulfide) groups is 1. The maximum atomic E-state index is 13.5. The molecule has 0 saturated carbocycles. The predicted octanol–water partition coefficient (Wildman–Crippen LogP) is 5.43. The number of rotatable bonds is 7. The number of nitrogens with one attached hydrogen (secondary N) is 1. The van der Waals surface area contributed by atoms with Gasteiger partial charge in [0.25, 0.3) is 0 Å². The van der Waals surface area contributed by atoms with Crippen LogP contribution in [0.4, 0.5) is 10.1 Å². The zero-order valence-corrected chi connectivity index (χ0v) is 19.6. The van der Waals surface area contributed by atoms with Gasteiger partial charge in [0.1, 0.15) is 5.82 Å². The summed E-state index contributed by atoms with van der Waals surface area (Å²) < 4.78 is 15.4. The Balaban J connectivity index is 1.50. The second-order valence-corrected chi connectivity index (χ2v) is 9.36. The Morgan fingerprint density at radius 3 is 2.41 bits per heavy atom. The van der Waals surface area contributed by atoms with Gasteiger partial charge >= 0.3 is 0 Å². The summed E-state index contributed by atoms with van der Waals surface area (Å²) >= 11 is 13.3. The van der Waals surface area contributed by atoms with Gasteiger partial charge in [0.15, 0.2) is 11.0 Å². The average molecular weight is 494 g/mol. The van der Waals surface area contributed by atoms with Crippen molar-refractivity contribution in [2.24, 2.45) is 0 Å². The van der Waals surface area contributed by atoms with Crippen molar-refractivity contribution in [2.45, 2.75) is 31.0 Å². The topological polar surface area (TPSA) is 63.1 Å². The highest BCUT2D eigenvalue weighted by Crippen LogP contribution is 2.26. The van der Waals surface area contributed by atoms with E-state index in [9.17, 15) is 9.18 Å². The summed E-state index contributed by atoms with van der Waals surface area (Å²) in [5, 5.41) is 13.0. The van der Waals surface area contributed by atoms with E-state index in [2.05, 4.69) is 20.4 Å². The third-order valence-electron chi connectivity index (χ3n) is 5.08. The molecule has 1 amide bonds. The Labute approximate surface area is 200 Å². The predicted molar refractivity (Wildman–Crippen MR) is 126 cm³/mol. The minimum Gasteiger partial charge on any atom is -0.325 e. The van der Waals surface area contributed by atoms with Gasteiger partial charge in [-0.3, -0.25) is 14.3 Å². The lowest BCUT2D eigenvalue weighted by atomic mass is 10.1. The van der Waals surface area contributed by atoms with Gasteiger partial charge < -0.3 is 5.32 Å². The van der Waals surface area contributed by atoms with Crippen molar-refractivity contribution in [3.8, 4) is 5.69 Å². The molecule has 0 unspecified atom stereocenters. The van der Waals surface area contributed by atoms with E-state index in [0.29, 0.717) is 27.4 Å². The summed E-state index contributed by atoms with van der Waals surface area (Å²) in [4.78, 5) is 14.8. The summed E-state index contributed by atoms with van der Waals surface area (Å²) in [6, 6.07) is 11.1. The average Bonchev–Trinajstić information content (AvgIpc) is 3.15. The lowest BCUT2D eigenvalue weighted by molar-refractivity contribution is -0.113. The Hall–Kier alpha value is -2.13. The van der Waals surface area contributed by atoms with Crippen LogP contribution in [0.15, 0.2) is 47.6 Å². The number of carbonyl (C=O) groups excluding carboxylic acids is 1. The Kier molecular flexibility index (Phi) is 7.67. The molecule has 32 heavy (non-hydrogen) atoms. The Morgan fingerprint density at radius 2 is 1.72 bits per heavy atom. The number of halogens is 3. The van der Waals surface area contributed by atoms with Gasteiger partial charge in [-0.05, 0) is 68.4 Å². The number of benzene rings is 2. The first-order chi connectivity index (χ1) is 15.5. The minimum absolute atomic E-state index is 0.118. The number of carbonyl (C=O) groups is 1. The molecule has 0 bridgehead atoms. The molecule has 0 atom stereocenters. The van der Waals surface area contributed by atoms with E-state index in [1.54, 1.807) is 30.3 Å². The van der Waals surface area contributed by atoms with Crippen molar-refractivity contribution in [1.82, 2.24) is 19.7 Å². The zero-order valence-electron chi connectivity index (χ0n) is 17.2. The number of hydrogen-bond donors (Lipinski definition) is 1. The van der Waals surface area contributed by atoms with Gasteiger partial charge in [-0.25, -0.2) is 4.39 Å². The first-order valence-corrected chi connectivity index (χ1v) is 12.0. The molecule has 10 heteroatoms. The third-order valence-corrected chi connectivity index (χ3v) is 6.44. The van der Waals surface area contributed by atoms with Crippen LogP contribution in [0, 0.1) is 5.82 Å². The van der Waals surface area contributed by atoms with Crippen LogP contribution < -0.4 is 5.32 Å². The minimum atomic E-state index is -0.312. The summed E-state index contributed by atoms with van der Waals surface area (Å²) in [5.74, 6) is 0.350. The van der Waals surface area contributed by atoms with E-state index in [1.165, 1.54) is 43.2 Å². The fraction of sp³-hybridized carbons (Fsp3) is 0.318. The van der Waals surface area contributed by atoms with Gasteiger partial charge in [-0.2, -0.15) is 0 Å². The highest BCUT2D eigenvalue weighted by atomic mass is 35.5. The zero-order chi connectivity index (χ0) is 22.5. The number of anilines is 1. The number of piperidine rings is 1. The lowest BCUT2D eigenvalue weighted by Crippen LogP contribution is -2.30. The smallest absolute Gasteiger partial charge is 0.234 e. The fourth-order valence-electron chi connectivity index (χ4n) is 3.62. The molecule has 6 nitrogen and oxygen atoms in total. The third kappa shape index (κ3) is 6.01. The van der Waals surface area contributed by atoms with E-state index >= 15 is 0 Å². The molecular formula is C22H22Cl2FN5OS. The van der Waals surface area contributed by atoms with Crippen LogP contribution in [0.3, 0.4) is 0 Å². The lowest BCUT2D eigenvalue weighted by Gasteiger charge is -2.26. The molecule has 1 fully saturated rings. The number of hydrogen-bond acceptors (Lipinski definition) is 5. The van der Waals surface area contributed by atoms with Gasteiger partial charge in [0.2, 0.25) is 5.91 Å². The largest absolute Gasteiger partial charge is 0.325 e. The fourth-order valence-corrected chi connectivity index (χ4v) is 4.91. The highest BCUT2D eigenvalue weighted by molar-refractivity contribution is 7.99. The molecule has 2 aromatic carbocycles. The molecular weight excluding hydrogens is 472 g/mol. The number of likely N-dealkylation sites (tertiary alicyclic amines) is 1. The van der Waals surface area contributed by atoms with Crippen LogP contribution in [-0.4, -0.2) is 44.4 Å². The molecule has 168 valence electrons. The summed E-state index contributed by atoms with van der Waals surface area (Å²) in [6.07, 6.45) is 3.58. The van der Waals surface area contributed by atoms with E-state index in [0.717, 1.165) is 24.6 Å². The molecule has 0 aliphatic carbocycles.